The molecule has 0 N–H and O–H groups in total. The molecule has 0 spiro atoms. The molecule has 0 saturated carbocycles. The monoisotopic (exact) mass is 409 g/mol. The third-order valence-electron chi connectivity index (χ3n) is 5.52. The SMILES string of the molecule is Cc1cc(-c2noc(C(C)N3CCN(c4cccc(F)c4C#N)CC3)n2)ccc1F. The molecule has 154 valence electrons. The lowest BCUT2D eigenvalue weighted by Gasteiger charge is -2.38. The number of nitrogens with zero attached hydrogens (tertiary/aromatic N) is 5. The van der Waals surface area contributed by atoms with Crippen LogP contribution >= 0.6 is 0 Å². The van der Waals surface area contributed by atoms with Gasteiger partial charge in [0, 0.05) is 31.7 Å². The number of piperazine rings is 1. The molecule has 1 unspecified atom stereocenters. The maximum Gasteiger partial charge on any atom is 0.244 e. The Kier molecular flexibility index (Phi) is 5.46. The number of aryl methyl sites for hydroxylation is 1. The van der Waals surface area contributed by atoms with Crippen LogP contribution < -0.4 is 4.90 Å². The van der Waals surface area contributed by atoms with Crippen LogP contribution in [0.5, 0.6) is 0 Å². The normalized spacial score (nSPS) is 15.8. The zero-order valence-electron chi connectivity index (χ0n) is 16.8. The molecule has 0 bridgehead atoms. The molecule has 6 nitrogen and oxygen atoms in total. The molecule has 2 aromatic carbocycles. The van der Waals surface area contributed by atoms with E-state index < -0.39 is 5.82 Å². The summed E-state index contributed by atoms with van der Waals surface area (Å²) < 4.78 is 32.9. The van der Waals surface area contributed by atoms with E-state index in [4.69, 9.17) is 4.52 Å². The Morgan fingerprint density at radius 2 is 1.87 bits per heavy atom. The van der Waals surface area contributed by atoms with Gasteiger partial charge in [-0.05, 0) is 49.7 Å². The Labute approximate surface area is 173 Å². The highest BCUT2D eigenvalue weighted by molar-refractivity contribution is 5.60. The lowest BCUT2D eigenvalue weighted by Crippen LogP contribution is -2.47. The van der Waals surface area contributed by atoms with Crippen LogP contribution in [0.2, 0.25) is 0 Å². The van der Waals surface area contributed by atoms with Crippen molar-refractivity contribution in [1.82, 2.24) is 15.0 Å². The van der Waals surface area contributed by atoms with Crippen molar-refractivity contribution in [3.8, 4) is 17.5 Å². The molecule has 8 heteroatoms. The van der Waals surface area contributed by atoms with E-state index in [1.54, 1.807) is 31.2 Å². The van der Waals surface area contributed by atoms with E-state index in [1.165, 1.54) is 12.1 Å². The van der Waals surface area contributed by atoms with Gasteiger partial charge in [-0.1, -0.05) is 11.2 Å². The molecule has 1 aromatic heterocycles. The largest absolute Gasteiger partial charge is 0.368 e. The molecule has 3 aromatic rings. The first-order chi connectivity index (χ1) is 14.5. The van der Waals surface area contributed by atoms with Crippen LogP contribution in [0, 0.1) is 29.9 Å². The van der Waals surface area contributed by atoms with Gasteiger partial charge in [0.15, 0.2) is 0 Å². The first-order valence-electron chi connectivity index (χ1n) is 9.75. The number of halogens is 2. The second-order valence-electron chi connectivity index (χ2n) is 7.36. The number of nitriles is 1. The highest BCUT2D eigenvalue weighted by atomic mass is 19.1. The molecule has 1 atom stereocenters. The van der Waals surface area contributed by atoms with Gasteiger partial charge in [-0.15, -0.1) is 0 Å². The summed E-state index contributed by atoms with van der Waals surface area (Å²) in [5.41, 5.74) is 1.93. The zero-order chi connectivity index (χ0) is 21.3. The van der Waals surface area contributed by atoms with Crippen LogP contribution in [0.15, 0.2) is 40.9 Å². The van der Waals surface area contributed by atoms with Crippen molar-refractivity contribution in [3.05, 3.63) is 65.1 Å². The smallest absolute Gasteiger partial charge is 0.244 e. The molecule has 2 heterocycles. The van der Waals surface area contributed by atoms with E-state index in [9.17, 15) is 14.0 Å². The van der Waals surface area contributed by atoms with E-state index in [1.807, 2.05) is 17.9 Å². The minimum absolute atomic E-state index is 0.0788. The third-order valence-corrected chi connectivity index (χ3v) is 5.52. The van der Waals surface area contributed by atoms with Gasteiger partial charge in [-0.2, -0.15) is 10.2 Å². The molecule has 0 radical (unpaired) electrons. The van der Waals surface area contributed by atoms with Crippen LogP contribution in [0.4, 0.5) is 14.5 Å². The van der Waals surface area contributed by atoms with Crippen LogP contribution in [-0.2, 0) is 0 Å². The van der Waals surface area contributed by atoms with Gasteiger partial charge in [0.1, 0.15) is 23.3 Å². The number of benzene rings is 2. The van der Waals surface area contributed by atoms with E-state index in [0.29, 0.717) is 54.7 Å². The topological polar surface area (TPSA) is 69.2 Å². The highest BCUT2D eigenvalue weighted by Gasteiger charge is 2.27. The number of anilines is 1. The van der Waals surface area contributed by atoms with Crippen LogP contribution in [0.3, 0.4) is 0 Å². The number of aromatic nitrogens is 2. The fourth-order valence-electron chi connectivity index (χ4n) is 3.70. The lowest BCUT2D eigenvalue weighted by atomic mass is 10.1. The van der Waals surface area contributed by atoms with Crippen molar-refractivity contribution in [2.45, 2.75) is 19.9 Å². The standard InChI is InChI=1S/C22H21F2N5O/c1-14-12-16(6-7-18(14)23)21-26-22(30-27-21)15(2)28-8-10-29(11-9-28)20-5-3-4-19(24)17(20)13-25/h3-7,12,15H,8-11H2,1-2H3. The molecular formula is C22H21F2N5O. The van der Waals surface area contributed by atoms with Gasteiger partial charge in [-0.3, -0.25) is 4.90 Å². The third kappa shape index (κ3) is 3.76. The van der Waals surface area contributed by atoms with Crippen molar-refractivity contribution in [3.63, 3.8) is 0 Å². The van der Waals surface area contributed by atoms with Gasteiger partial charge >= 0.3 is 0 Å². The summed E-state index contributed by atoms with van der Waals surface area (Å²) in [5.74, 6) is 0.146. The van der Waals surface area contributed by atoms with Crippen molar-refractivity contribution in [2.75, 3.05) is 31.1 Å². The molecule has 30 heavy (non-hydrogen) atoms. The van der Waals surface area contributed by atoms with Crippen LogP contribution in [-0.4, -0.2) is 41.2 Å². The van der Waals surface area contributed by atoms with Gasteiger partial charge in [0.05, 0.1) is 11.7 Å². The Morgan fingerprint density at radius 1 is 1.10 bits per heavy atom. The van der Waals surface area contributed by atoms with E-state index in [0.717, 1.165) is 0 Å². The summed E-state index contributed by atoms with van der Waals surface area (Å²) >= 11 is 0. The number of hydrogen-bond acceptors (Lipinski definition) is 6. The Morgan fingerprint density at radius 3 is 2.57 bits per heavy atom. The Hall–Kier alpha value is -3.31. The summed E-state index contributed by atoms with van der Waals surface area (Å²) in [6.07, 6.45) is 0. The van der Waals surface area contributed by atoms with E-state index in [-0.39, 0.29) is 17.4 Å². The first kappa shape index (κ1) is 20.0. The fourth-order valence-corrected chi connectivity index (χ4v) is 3.70. The predicted molar refractivity (Wildman–Crippen MR) is 108 cm³/mol. The molecule has 0 aliphatic carbocycles. The fraction of sp³-hybridized carbons (Fsp3) is 0.318. The second kappa shape index (κ2) is 8.20. The zero-order valence-corrected chi connectivity index (χ0v) is 16.8. The van der Waals surface area contributed by atoms with Crippen molar-refractivity contribution < 1.29 is 13.3 Å². The Bertz CT molecular complexity index is 1100. The first-order valence-corrected chi connectivity index (χ1v) is 9.75. The molecule has 1 fully saturated rings. The van der Waals surface area contributed by atoms with E-state index >= 15 is 0 Å². The van der Waals surface area contributed by atoms with Crippen LogP contribution in [0.25, 0.3) is 11.4 Å². The predicted octanol–water partition coefficient (Wildman–Crippen LogP) is 4.08. The maximum atomic E-state index is 13.9. The van der Waals surface area contributed by atoms with Gasteiger partial charge in [-0.25, -0.2) is 8.78 Å². The molecular weight excluding hydrogens is 388 g/mol. The summed E-state index contributed by atoms with van der Waals surface area (Å²) in [7, 11) is 0. The molecule has 0 amide bonds. The lowest BCUT2D eigenvalue weighted by molar-refractivity contribution is 0.164. The highest BCUT2D eigenvalue weighted by Crippen LogP contribution is 2.27. The van der Waals surface area contributed by atoms with Gasteiger partial charge in [0.2, 0.25) is 11.7 Å². The summed E-state index contributed by atoms with van der Waals surface area (Å²) in [4.78, 5) is 8.72. The van der Waals surface area contributed by atoms with Crippen molar-refractivity contribution in [1.29, 1.82) is 5.26 Å². The molecule has 4 rings (SSSR count). The molecule has 1 saturated heterocycles. The maximum absolute atomic E-state index is 13.9. The van der Waals surface area contributed by atoms with E-state index in [2.05, 4.69) is 15.0 Å². The second-order valence-corrected chi connectivity index (χ2v) is 7.36. The van der Waals surface area contributed by atoms with Crippen molar-refractivity contribution >= 4 is 5.69 Å². The van der Waals surface area contributed by atoms with Crippen molar-refractivity contribution in [2.24, 2.45) is 0 Å². The van der Waals surface area contributed by atoms with Crippen LogP contribution in [0.1, 0.15) is 30.0 Å². The Balaban J connectivity index is 1.45. The minimum Gasteiger partial charge on any atom is -0.368 e. The number of hydrogen-bond donors (Lipinski definition) is 0. The van der Waals surface area contributed by atoms with Gasteiger partial charge in [0.25, 0.3) is 0 Å². The van der Waals surface area contributed by atoms with Gasteiger partial charge < -0.3 is 9.42 Å². The minimum atomic E-state index is -0.500. The molecule has 1 aliphatic rings. The summed E-state index contributed by atoms with van der Waals surface area (Å²) in [6, 6.07) is 11.3. The summed E-state index contributed by atoms with van der Waals surface area (Å²) in [6.45, 7) is 6.40. The quantitative estimate of drug-likeness (QED) is 0.647. The average Bonchev–Trinajstić information content (AvgIpc) is 3.25. The summed E-state index contributed by atoms with van der Waals surface area (Å²) in [5, 5.41) is 13.3. The average molecular weight is 409 g/mol. The molecule has 1 aliphatic heterocycles. The number of rotatable bonds is 4.